The third-order valence-electron chi connectivity index (χ3n) is 3.68. The second-order valence-corrected chi connectivity index (χ2v) is 5.53. The summed E-state index contributed by atoms with van der Waals surface area (Å²) in [7, 11) is 0. The molecule has 0 bridgehead atoms. The Hall–Kier alpha value is -2.92. The molecule has 0 radical (unpaired) electrons. The fourth-order valence-electron chi connectivity index (χ4n) is 2.38. The Kier molecular flexibility index (Phi) is 5.15. The Labute approximate surface area is 149 Å². The van der Waals surface area contributed by atoms with E-state index in [4.69, 9.17) is 14.2 Å². The van der Waals surface area contributed by atoms with Gasteiger partial charge in [-0.1, -0.05) is 18.2 Å². The van der Waals surface area contributed by atoms with Crippen LogP contribution in [-0.2, 0) is 20.4 Å². The van der Waals surface area contributed by atoms with Gasteiger partial charge in [0.2, 0.25) is 0 Å². The lowest BCUT2D eigenvalue weighted by molar-refractivity contribution is -0.139. The molecule has 0 unspecified atom stereocenters. The first-order valence-electron chi connectivity index (χ1n) is 7.67. The van der Waals surface area contributed by atoms with Crippen LogP contribution in [0.5, 0.6) is 0 Å². The summed E-state index contributed by atoms with van der Waals surface area (Å²) in [6.07, 6.45) is -6.85. The van der Waals surface area contributed by atoms with Gasteiger partial charge in [0, 0.05) is 6.20 Å². The zero-order chi connectivity index (χ0) is 19.6. The summed E-state index contributed by atoms with van der Waals surface area (Å²) < 4.78 is 54.6. The SMILES string of the molecule is O=C(OC[C@@H]1OC[C@H](n2cc(C(F)(F)F)c(=O)[nH]c2=O)O1)c1ccccc1. The molecule has 1 N–H and O–H groups in total. The van der Waals surface area contributed by atoms with Crippen LogP contribution >= 0.6 is 0 Å². The van der Waals surface area contributed by atoms with Crippen LogP contribution < -0.4 is 11.2 Å². The van der Waals surface area contributed by atoms with Gasteiger partial charge in [0.05, 0.1) is 12.2 Å². The lowest BCUT2D eigenvalue weighted by atomic mass is 10.2. The van der Waals surface area contributed by atoms with Gasteiger partial charge in [-0.2, -0.15) is 13.2 Å². The summed E-state index contributed by atoms with van der Waals surface area (Å²) in [5.74, 6) is -0.633. The van der Waals surface area contributed by atoms with Crippen LogP contribution in [0, 0.1) is 0 Å². The number of aromatic nitrogens is 2. The average molecular weight is 386 g/mol. The van der Waals surface area contributed by atoms with E-state index < -0.39 is 41.5 Å². The highest BCUT2D eigenvalue weighted by atomic mass is 19.4. The van der Waals surface area contributed by atoms with Gasteiger partial charge in [-0.3, -0.25) is 14.3 Å². The molecule has 11 heteroatoms. The zero-order valence-corrected chi connectivity index (χ0v) is 13.6. The molecule has 1 aliphatic heterocycles. The number of esters is 1. The first-order chi connectivity index (χ1) is 12.8. The monoisotopic (exact) mass is 386 g/mol. The van der Waals surface area contributed by atoms with Crippen molar-refractivity contribution in [1.82, 2.24) is 9.55 Å². The van der Waals surface area contributed by atoms with Crippen LogP contribution in [0.2, 0.25) is 0 Å². The van der Waals surface area contributed by atoms with Crippen LogP contribution in [0.3, 0.4) is 0 Å². The number of carbonyl (C=O) groups is 1. The van der Waals surface area contributed by atoms with Gasteiger partial charge in [-0.05, 0) is 12.1 Å². The normalized spacial score (nSPS) is 19.8. The van der Waals surface area contributed by atoms with Crippen LogP contribution in [-0.4, -0.2) is 35.0 Å². The van der Waals surface area contributed by atoms with E-state index in [0.29, 0.717) is 16.3 Å². The summed E-state index contributed by atoms with van der Waals surface area (Å²) in [6, 6.07) is 8.10. The van der Waals surface area contributed by atoms with Gasteiger partial charge in [0.1, 0.15) is 12.2 Å². The summed E-state index contributed by atoms with van der Waals surface area (Å²) >= 11 is 0. The van der Waals surface area contributed by atoms with Crippen molar-refractivity contribution in [3.8, 4) is 0 Å². The number of halogens is 3. The number of hydrogen-bond donors (Lipinski definition) is 1. The standard InChI is InChI=1S/C16H13F3N2O6/c17-16(18,19)10-6-21(15(24)20-13(10)22)11-7-25-12(27-11)8-26-14(23)9-4-2-1-3-5-9/h1-6,11-12H,7-8H2,(H,20,22,24)/t11-,12-/m1/s1. The molecule has 27 heavy (non-hydrogen) atoms. The smallest absolute Gasteiger partial charge is 0.423 e. The number of ether oxygens (including phenoxy) is 3. The molecule has 0 aliphatic carbocycles. The maximum absolute atomic E-state index is 12.8. The number of alkyl halides is 3. The minimum absolute atomic E-state index is 0.267. The molecule has 2 heterocycles. The second-order valence-electron chi connectivity index (χ2n) is 5.53. The highest BCUT2D eigenvalue weighted by Crippen LogP contribution is 2.27. The molecule has 1 aromatic carbocycles. The van der Waals surface area contributed by atoms with Crippen LogP contribution in [0.4, 0.5) is 13.2 Å². The highest BCUT2D eigenvalue weighted by molar-refractivity contribution is 5.89. The van der Waals surface area contributed by atoms with Gasteiger partial charge in [0.15, 0.2) is 12.5 Å². The van der Waals surface area contributed by atoms with E-state index in [0.717, 1.165) is 0 Å². The molecular formula is C16H13F3N2O6. The van der Waals surface area contributed by atoms with E-state index >= 15 is 0 Å². The van der Waals surface area contributed by atoms with Crippen molar-refractivity contribution in [2.75, 3.05) is 13.2 Å². The molecule has 144 valence electrons. The molecule has 3 rings (SSSR count). The molecule has 0 spiro atoms. The van der Waals surface area contributed by atoms with Crippen LogP contribution in [0.1, 0.15) is 22.1 Å². The van der Waals surface area contributed by atoms with E-state index in [9.17, 15) is 27.6 Å². The molecule has 1 saturated heterocycles. The second kappa shape index (κ2) is 7.37. The van der Waals surface area contributed by atoms with Crippen molar-refractivity contribution < 1.29 is 32.2 Å². The number of rotatable bonds is 4. The van der Waals surface area contributed by atoms with E-state index in [1.807, 2.05) is 0 Å². The third-order valence-corrected chi connectivity index (χ3v) is 3.68. The maximum atomic E-state index is 12.8. The quantitative estimate of drug-likeness (QED) is 0.795. The molecule has 1 aliphatic rings. The largest absolute Gasteiger partial charge is 0.457 e. The molecule has 0 amide bonds. The van der Waals surface area contributed by atoms with Crippen molar-refractivity contribution in [2.24, 2.45) is 0 Å². The van der Waals surface area contributed by atoms with Crippen molar-refractivity contribution in [3.63, 3.8) is 0 Å². The predicted octanol–water partition coefficient (Wildman–Crippen LogP) is 1.28. The van der Waals surface area contributed by atoms with Gasteiger partial charge in [-0.15, -0.1) is 0 Å². The zero-order valence-electron chi connectivity index (χ0n) is 13.6. The minimum Gasteiger partial charge on any atom is -0.457 e. The Morgan fingerprint density at radius 1 is 1.26 bits per heavy atom. The first kappa shape index (κ1) is 18.9. The number of nitrogens with zero attached hydrogens (tertiary/aromatic N) is 1. The molecule has 0 saturated carbocycles. The summed E-state index contributed by atoms with van der Waals surface area (Å²) in [4.78, 5) is 36.5. The topological polar surface area (TPSA) is 99.6 Å². The van der Waals surface area contributed by atoms with Crippen LogP contribution in [0.15, 0.2) is 46.1 Å². The Bertz CT molecular complexity index is 938. The number of aromatic amines is 1. The lowest BCUT2D eigenvalue weighted by Crippen LogP contribution is -2.37. The molecule has 2 atom stereocenters. The number of hydrogen-bond acceptors (Lipinski definition) is 6. The molecule has 2 aromatic rings. The summed E-state index contributed by atoms with van der Waals surface area (Å²) in [6.45, 7) is -0.592. The van der Waals surface area contributed by atoms with E-state index in [1.165, 1.54) is 0 Å². The number of carbonyl (C=O) groups excluding carboxylic acids is 1. The van der Waals surface area contributed by atoms with Gasteiger partial charge >= 0.3 is 17.8 Å². The van der Waals surface area contributed by atoms with E-state index in [1.54, 1.807) is 35.3 Å². The Morgan fingerprint density at radius 3 is 2.63 bits per heavy atom. The number of nitrogens with one attached hydrogen (secondary N) is 1. The summed E-state index contributed by atoms with van der Waals surface area (Å²) in [5.41, 5.74) is -3.86. The fraction of sp³-hybridized carbons (Fsp3) is 0.312. The molecule has 1 fully saturated rings. The lowest BCUT2D eigenvalue weighted by Gasteiger charge is -2.15. The first-order valence-corrected chi connectivity index (χ1v) is 7.67. The highest BCUT2D eigenvalue weighted by Gasteiger charge is 2.37. The molecule has 1 aromatic heterocycles. The molecule has 8 nitrogen and oxygen atoms in total. The predicted molar refractivity (Wildman–Crippen MR) is 82.9 cm³/mol. The number of H-pyrrole nitrogens is 1. The molecular weight excluding hydrogens is 373 g/mol. The van der Waals surface area contributed by atoms with Gasteiger partial charge in [0.25, 0.3) is 5.56 Å². The van der Waals surface area contributed by atoms with E-state index in [2.05, 4.69) is 0 Å². The third kappa shape index (κ3) is 4.26. The van der Waals surface area contributed by atoms with E-state index in [-0.39, 0.29) is 13.2 Å². The van der Waals surface area contributed by atoms with Gasteiger partial charge in [-0.25, -0.2) is 9.59 Å². The number of benzene rings is 1. The Balaban J connectivity index is 1.67. The van der Waals surface area contributed by atoms with Gasteiger partial charge < -0.3 is 14.2 Å². The fourth-order valence-corrected chi connectivity index (χ4v) is 2.38. The van der Waals surface area contributed by atoms with Crippen molar-refractivity contribution >= 4 is 5.97 Å². The van der Waals surface area contributed by atoms with Crippen LogP contribution in [0.25, 0.3) is 0 Å². The van der Waals surface area contributed by atoms with Crippen molar-refractivity contribution in [1.29, 1.82) is 0 Å². The minimum atomic E-state index is -4.94. The Morgan fingerprint density at radius 2 is 1.96 bits per heavy atom. The maximum Gasteiger partial charge on any atom is 0.423 e. The van der Waals surface area contributed by atoms with Crippen molar-refractivity contribution in [2.45, 2.75) is 18.7 Å². The average Bonchev–Trinajstić information content (AvgIpc) is 3.08. The summed E-state index contributed by atoms with van der Waals surface area (Å²) in [5, 5.41) is 0. The van der Waals surface area contributed by atoms with Crippen molar-refractivity contribution in [3.05, 3.63) is 68.5 Å².